The molecular formula is C23H24N2O2. The third-order valence-electron chi connectivity index (χ3n) is 5.54. The third kappa shape index (κ3) is 3.71. The van der Waals surface area contributed by atoms with Crippen molar-refractivity contribution in [3.63, 3.8) is 0 Å². The first-order valence-electron chi connectivity index (χ1n) is 9.60. The van der Waals surface area contributed by atoms with E-state index in [0.717, 1.165) is 25.1 Å². The summed E-state index contributed by atoms with van der Waals surface area (Å²) in [4.78, 5) is 18.7. The Morgan fingerprint density at radius 1 is 1.07 bits per heavy atom. The highest BCUT2D eigenvalue weighted by Crippen LogP contribution is 2.35. The SMILES string of the molecule is O=C(O)C1CCCCN1C(Cc1ccccn1)c1cccc2ccccc12. The molecule has 0 saturated carbocycles. The van der Waals surface area contributed by atoms with Crippen LogP contribution in [0.5, 0.6) is 0 Å². The quantitative estimate of drug-likeness (QED) is 0.730. The van der Waals surface area contributed by atoms with Crippen molar-refractivity contribution in [3.8, 4) is 0 Å². The van der Waals surface area contributed by atoms with E-state index in [1.54, 1.807) is 6.20 Å². The zero-order valence-corrected chi connectivity index (χ0v) is 15.3. The van der Waals surface area contributed by atoms with Gasteiger partial charge >= 0.3 is 5.97 Å². The molecule has 1 N–H and O–H groups in total. The van der Waals surface area contributed by atoms with Gasteiger partial charge in [-0.1, -0.05) is 55.0 Å². The van der Waals surface area contributed by atoms with Crippen molar-refractivity contribution in [1.82, 2.24) is 9.88 Å². The summed E-state index contributed by atoms with van der Waals surface area (Å²) in [6.07, 6.45) is 5.23. The summed E-state index contributed by atoms with van der Waals surface area (Å²) in [5, 5.41) is 12.2. The van der Waals surface area contributed by atoms with E-state index in [2.05, 4.69) is 46.3 Å². The maximum atomic E-state index is 12.0. The standard InChI is InChI=1S/C23H24N2O2/c26-23(27)21-13-4-6-15-25(21)22(16-18-10-3-5-14-24-18)20-12-7-9-17-8-1-2-11-19(17)20/h1-3,5,7-12,14,21-22H,4,6,13,15-16H2,(H,26,27). The van der Waals surface area contributed by atoms with Crippen molar-refractivity contribution in [2.75, 3.05) is 6.54 Å². The average Bonchev–Trinajstić information content (AvgIpc) is 2.72. The van der Waals surface area contributed by atoms with Gasteiger partial charge in [0.05, 0.1) is 0 Å². The number of aromatic nitrogens is 1. The van der Waals surface area contributed by atoms with Crippen LogP contribution in [0.15, 0.2) is 66.9 Å². The summed E-state index contributed by atoms with van der Waals surface area (Å²) in [5.41, 5.74) is 2.18. The smallest absolute Gasteiger partial charge is 0.320 e. The number of carboxylic acids is 1. The molecule has 1 aromatic heterocycles. The molecule has 1 saturated heterocycles. The predicted octanol–water partition coefficient (Wildman–Crippen LogP) is 4.46. The average molecular weight is 360 g/mol. The summed E-state index contributed by atoms with van der Waals surface area (Å²) in [6, 6.07) is 20.2. The molecule has 0 radical (unpaired) electrons. The lowest BCUT2D eigenvalue weighted by Gasteiger charge is -2.39. The van der Waals surface area contributed by atoms with E-state index in [0.29, 0.717) is 12.8 Å². The summed E-state index contributed by atoms with van der Waals surface area (Å²) in [7, 11) is 0. The van der Waals surface area contributed by atoms with E-state index in [4.69, 9.17) is 0 Å². The molecule has 4 heteroatoms. The number of nitrogens with zero attached hydrogens (tertiary/aromatic N) is 2. The van der Waals surface area contributed by atoms with Gasteiger partial charge in [-0.25, -0.2) is 0 Å². The van der Waals surface area contributed by atoms with Crippen LogP contribution in [0, 0.1) is 0 Å². The molecule has 4 rings (SSSR count). The van der Waals surface area contributed by atoms with Gasteiger partial charge in [0, 0.05) is 24.4 Å². The molecule has 2 heterocycles. The minimum atomic E-state index is -0.721. The zero-order valence-electron chi connectivity index (χ0n) is 15.3. The number of aliphatic carboxylic acids is 1. The van der Waals surface area contributed by atoms with E-state index in [1.807, 2.05) is 24.3 Å². The second-order valence-corrected chi connectivity index (χ2v) is 7.20. The zero-order chi connectivity index (χ0) is 18.6. The molecular weight excluding hydrogens is 336 g/mol. The topological polar surface area (TPSA) is 53.4 Å². The number of fused-ring (bicyclic) bond motifs is 1. The highest BCUT2D eigenvalue weighted by atomic mass is 16.4. The molecule has 3 aromatic rings. The summed E-state index contributed by atoms with van der Waals surface area (Å²) in [6.45, 7) is 0.803. The Bertz CT molecular complexity index is 921. The van der Waals surface area contributed by atoms with E-state index >= 15 is 0 Å². The molecule has 1 aliphatic rings. The van der Waals surface area contributed by atoms with Crippen molar-refractivity contribution in [2.45, 2.75) is 37.8 Å². The predicted molar refractivity (Wildman–Crippen MR) is 107 cm³/mol. The molecule has 0 bridgehead atoms. The Morgan fingerprint density at radius 3 is 2.70 bits per heavy atom. The number of pyridine rings is 1. The lowest BCUT2D eigenvalue weighted by Crippen LogP contribution is -2.47. The number of carboxylic acid groups (broad SMARTS) is 1. The number of hydrogen-bond donors (Lipinski definition) is 1. The molecule has 0 spiro atoms. The molecule has 2 atom stereocenters. The van der Waals surface area contributed by atoms with E-state index in [1.165, 1.54) is 16.3 Å². The second-order valence-electron chi connectivity index (χ2n) is 7.20. The van der Waals surface area contributed by atoms with E-state index in [-0.39, 0.29) is 6.04 Å². The molecule has 2 unspecified atom stereocenters. The number of hydrogen-bond acceptors (Lipinski definition) is 3. The third-order valence-corrected chi connectivity index (χ3v) is 5.54. The number of benzene rings is 2. The molecule has 0 aliphatic carbocycles. The van der Waals surface area contributed by atoms with Crippen molar-refractivity contribution in [2.24, 2.45) is 0 Å². The van der Waals surface area contributed by atoms with Crippen LogP contribution in [0.3, 0.4) is 0 Å². The fourth-order valence-electron chi connectivity index (χ4n) is 4.26. The van der Waals surface area contributed by atoms with E-state index in [9.17, 15) is 9.90 Å². The van der Waals surface area contributed by atoms with Gasteiger partial charge in [-0.2, -0.15) is 0 Å². The lowest BCUT2D eigenvalue weighted by molar-refractivity contribution is -0.146. The van der Waals surface area contributed by atoms with Crippen molar-refractivity contribution in [1.29, 1.82) is 0 Å². The highest BCUT2D eigenvalue weighted by molar-refractivity contribution is 5.86. The van der Waals surface area contributed by atoms with E-state index < -0.39 is 12.0 Å². The fourth-order valence-corrected chi connectivity index (χ4v) is 4.26. The van der Waals surface area contributed by atoms with Crippen molar-refractivity contribution in [3.05, 3.63) is 78.1 Å². The Morgan fingerprint density at radius 2 is 1.89 bits per heavy atom. The van der Waals surface area contributed by atoms with Gasteiger partial charge in [0.25, 0.3) is 0 Å². The molecule has 4 nitrogen and oxygen atoms in total. The lowest BCUT2D eigenvalue weighted by atomic mass is 9.90. The maximum Gasteiger partial charge on any atom is 0.320 e. The van der Waals surface area contributed by atoms with Crippen molar-refractivity contribution >= 4 is 16.7 Å². The van der Waals surface area contributed by atoms with Crippen LogP contribution < -0.4 is 0 Å². The number of likely N-dealkylation sites (tertiary alicyclic amines) is 1. The van der Waals surface area contributed by atoms with Crippen LogP contribution in [0.25, 0.3) is 10.8 Å². The monoisotopic (exact) mass is 360 g/mol. The molecule has 2 aromatic carbocycles. The Labute approximate surface area is 159 Å². The molecule has 1 fully saturated rings. The van der Waals surface area contributed by atoms with Gasteiger partial charge < -0.3 is 5.11 Å². The van der Waals surface area contributed by atoms with Gasteiger partial charge in [-0.3, -0.25) is 14.7 Å². The van der Waals surface area contributed by atoms with Crippen LogP contribution in [0.4, 0.5) is 0 Å². The fraction of sp³-hybridized carbons (Fsp3) is 0.304. The van der Waals surface area contributed by atoms with Crippen LogP contribution in [0.2, 0.25) is 0 Å². The highest BCUT2D eigenvalue weighted by Gasteiger charge is 2.35. The van der Waals surface area contributed by atoms with Crippen LogP contribution in [0.1, 0.15) is 36.6 Å². The summed E-state index contributed by atoms with van der Waals surface area (Å²) >= 11 is 0. The van der Waals surface area contributed by atoms with Crippen LogP contribution in [-0.4, -0.2) is 33.5 Å². The molecule has 138 valence electrons. The number of piperidine rings is 1. The Balaban J connectivity index is 1.81. The normalized spacial score (nSPS) is 19.0. The minimum absolute atomic E-state index is 0.00704. The second kappa shape index (κ2) is 7.89. The van der Waals surface area contributed by atoms with Gasteiger partial charge in [-0.05, 0) is 47.9 Å². The van der Waals surface area contributed by atoms with Crippen molar-refractivity contribution < 1.29 is 9.90 Å². The van der Waals surface area contributed by atoms with Crippen LogP contribution >= 0.6 is 0 Å². The molecule has 1 aliphatic heterocycles. The Kier molecular flexibility index (Phi) is 5.16. The summed E-state index contributed by atoms with van der Waals surface area (Å²) in [5.74, 6) is -0.721. The first-order chi connectivity index (χ1) is 13.2. The molecule has 27 heavy (non-hydrogen) atoms. The van der Waals surface area contributed by atoms with Crippen LogP contribution in [-0.2, 0) is 11.2 Å². The van der Waals surface area contributed by atoms with Gasteiger partial charge in [0.15, 0.2) is 0 Å². The van der Waals surface area contributed by atoms with Gasteiger partial charge in [-0.15, -0.1) is 0 Å². The maximum absolute atomic E-state index is 12.0. The van der Waals surface area contributed by atoms with Gasteiger partial charge in [0.2, 0.25) is 0 Å². The minimum Gasteiger partial charge on any atom is -0.480 e. The first kappa shape index (κ1) is 17.7. The number of carbonyl (C=O) groups is 1. The number of rotatable bonds is 5. The summed E-state index contributed by atoms with van der Waals surface area (Å²) < 4.78 is 0. The Hall–Kier alpha value is -2.72. The van der Waals surface area contributed by atoms with Gasteiger partial charge in [0.1, 0.15) is 6.04 Å². The molecule has 0 amide bonds. The largest absolute Gasteiger partial charge is 0.480 e. The first-order valence-corrected chi connectivity index (χ1v) is 9.60.